The zero-order chi connectivity index (χ0) is 14.0. The van der Waals surface area contributed by atoms with Crippen LogP contribution >= 0.6 is 11.6 Å². The zero-order valence-corrected chi connectivity index (χ0v) is 12.2. The highest BCUT2D eigenvalue weighted by molar-refractivity contribution is 7.89. The molecule has 1 N–H and O–H groups in total. The Bertz CT molecular complexity index is 540. The monoisotopic (exact) mass is 304 g/mol. The van der Waals surface area contributed by atoms with Crippen LogP contribution in [0.2, 0.25) is 5.15 Å². The van der Waals surface area contributed by atoms with E-state index in [-0.39, 0.29) is 22.1 Å². The fraction of sp³-hybridized carbons (Fsp3) is 0.583. The van der Waals surface area contributed by atoms with Gasteiger partial charge in [0.1, 0.15) is 5.15 Å². The maximum absolute atomic E-state index is 12.4. The first-order valence-electron chi connectivity index (χ1n) is 6.21. The van der Waals surface area contributed by atoms with Crippen LogP contribution in [0.25, 0.3) is 0 Å². The van der Waals surface area contributed by atoms with Crippen LogP contribution in [-0.4, -0.2) is 42.0 Å². The molecule has 0 aromatic carbocycles. The number of pyridine rings is 1. The summed E-state index contributed by atoms with van der Waals surface area (Å²) in [6.07, 6.45) is 2.35. The molecule has 19 heavy (non-hydrogen) atoms. The fourth-order valence-corrected chi connectivity index (χ4v) is 4.01. The van der Waals surface area contributed by atoms with Crippen molar-refractivity contribution < 1.29 is 13.5 Å². The van der Waals surface area contributed by atoms with Crippen molar-refractivity contribution in [3.05, 3.63) is 23.5 Å². The van der Waals surface area contributed by atoms with Gasteiger partial charge in [0.05, 0.1) is 11.0 Å². The summed E-state index contributed by atoms with van der Waals surface area (Å²) in [5.41, 5.74) is 0. The van der Waals surface area contributed by atoms with Gasteiger partial charge in [-0.15, -0.1) is 0 Å². The molecular weight excluding hydrogens is 288 g/mol. The third kappa shape index (κ3) is 3.25. The lowest BCUT2D eigenvalue weighted by molar-refractivity contribution is 0.0912. The van der Waals surface area contributed by atoms with E-state index < -0.39 is 10.0 Å². The molecule has 5 nitrogen and oxygen atoms in total. The van der Waals surface area contributed by atoms with Gasteiger partial charge in [-0.3, -0.25) is 0 Å². The Morgan fingerprint density at radius 2 is 2.11 bits per heavy atom. The lowest BCUT2D eigenvalue weighted by Gasteiger charge is -2.32. The molecule has 1 aliphatic heterocycles. The predicted octanol–water partition coefficient (Wildman–Crippen LogP) is 1.52. The SMILES string of the molecule is CC(O)C1CCN(S(=O)(=O)c2ccnc(Cl)c2)CC1. The summed E-state index contributed by atoms with van der Waals surface area (Å²) in [5.74, 6) is 0.174. The minimum absolute atomic E-state index is 0.167. The van der Waals surface area contributed by atoms with Gasteiger partial charge in [-0.1, -0.05) is 11.6 Å². The minimum Gasteiger partial charge on any atom is -0.393 e. The number of piperidine rings is 1. The van der Waals surface area contributed by atoms with Gasteiger partial charge >= 0.3 is 0 Å². The van der Waals surface area contributed by atoms with Crippen molar-refractivity contribution in [3.63, 3.8) is 0 Å². The van der Waals surface area contributed by atoms with Crippen molar-refractivity contribution in [2.75, 3.05) is 13.1 Å². The Morgan fingerprint density at radius 1 is 1.47 bits per heavy atom. The van der Waals surface area contributed by atoms with Gasteiger partial charge in [-0.05, 0) is 37.8 Å². The molecule has 0 saturated carbocycles. The molecule has 1 unspecified atom stereocenters. The average molecular weight is 305 g/mol. The van der Waals surface area contributed by atoms with E-state index in [1.807, 2.05) is 0 Å². The third-order valence-electron chi connectivity index (χ3n) is 3.52. The second-order valence-corrected chi connectivity index (χ2v) is 7.12. The van der Waals surface area contributed by atoms with Crippen molar-refractivity contribution in [2.45, 2.75) is 30.8 Å². The van der Waals surface area contributed by atoms with Crippen LogP contribution in [0.4, 0.5) is 0 Å². The predicted molar refractivity (Wildman–Crippen MR) is 72.4 cm³/mol. The van der Waals surface area contributed by atoms with E-state index in [0.717, 1.165) is 0 Å². The smallest absolute Gasteiger partial charge is 0.243 e. The third-order valence-corrected chi connectivity index (χ3v) is 5.62. The lowest BCUT2D eigenvalue weighted by atomic mass is 9.93. The molecule has 0 spiro atoms. The molecule has 7 heteroatoms. The van der Waals surface area contributed by atoms with Gasteiger partial charge in [0.15, 0.2) is 0 Å². The number of aliphatic hydroxyl groups is 1. The summed E-state index contributed by atoms with van der Waals surface area (Å²) in [6.45, 7) is 2.60. The standard InChI is InChI=1S/C12H17ClN2O3S/c1-9(16)10-3-6-15(7-4-10)19(17,18)11-2-5-14-12(13)8-11/h2,5,8-10,16H,3-4,6-7H2,1H3. The first-order chi connectivity index (χ1) is 8.91. The van der Waals surface area contributed by atoms with E-state index in [2.05, 4.69) is 4.98 Å². The molecule has 2 heterocycles. The second-order valence-electron chi connectivity index (χ2n) is 4.80. The molecule has 1 aliphatic rings. The summed E-state index contributed by atoms with van der Waals surface area (Å²) in [7, 11) is -3.51. The van der Waals surface area contributed by atoms with Gasteiger partial charge in [0, 0.05) is 19.3 Å². The highest BCUT2D eigenvalue weighted by Gasteiger charge is 2.30. The van der Waals surface area contributed by atoms with E-state index in [1.165, 1.54) is 22.6 Å². The molecule has 0 aliphatic carbocycles. The largest absolute Gasteiger partial charge is 0.393 e. The van der Waals surface area contributed by atoms with Crippen molar-refractivity contribution in [1.82, 2.24) is 9.29 Å². The van der Waals surface area contributed by atoms with Gasteiger partial charge in [0.2, 0.25) is 10.0 Å². The molecular formula is C12H17ClN2O3S. The van der Waals surface area contributed by atoms with E-state index in [9.17, 15) is 13.5 Å². The number of aromatic nitrogens is 1. The van der Waals surface area contributed by atoms with Crippen molar-refractivity contribution in [3.8, 4) is 0 Å². The Morgan fingerprint density at radius 3 is 2.63 bits per heavy atom. The van der Waals surface area contributed by atoms with Crippen LogP contribution in [0.3, 0.4) is 0 Å². The fourth-order valence-electron chi connectivity index (χ4n) is 2.29. The van der Waals surface area contributed by atoms with Crippen LogP contribution in [0.15, 0.2) is 23.2 Å². The van der Waals surface area contributed by atoms with Crippen LogP contribution < -0.4 is 0 Å². The summed E-state index contributed by atoms with van der Waals surface area (Å²) < 4.78 is 26.2. The molecule has 106 valence electrons. The summed E-state index contributed by atoms with van der Waals surface area (Å²) >= 11 is 5.73. The molecule has 0 bridgehead atoms. The normalized spacial score (nSPS) is 20.4. The van der Waals surface area contributed by atoms with Gasteiger partial charge in [-0.2, -0.15) is 4.31 Å². The second kappa shape index (κ2) is 5.75. The van der Waals surface area contributed by atoms with E-state index in [4.69, 9.17) is 11.6 Å². The molecule has 1 atom stereocenters. The molecule has 1 aromatic heterocycles. The molecule has 2 rings (SSSR count). The first kappa shape index (κ1) is 14.7. The van der Waals surface area contributed by atoms with Crippen molar-refractivity contribution in [2.24, 2.45) is 5.92 Å². The Kier molecular flexibility index (Phi) is 4.45. The molecule has 0 amide bonds. The Balaban J connectivity index is 2.14. The van der Waals surface area contributed by atoms with Crippen LogP contribution in [0.1, 0.15) is 19.8 Å². The van der Waals surface area contributed by atoms with Crippen molar-refractivity contribution in [1.29, 1.82) is 0 Å². The quantitative estimate of drug-likeness (QED) is 0.860. The molecule has 1 fully saturated rings. The van der Waals surface area contributed by atoms with Crippen molar-refractivity contribution >= 4 is 21.6 Å². The number of hydrogen-bond acceptors (Lipinski definition) is 4. The Hall–Kier alpha value is -0.690. The summed E-state index contributed by atoms with van der Waals surface area (Å²) in [5, 5.41) is 9.69. The topological polar surface area (TPSA) is 70.5 Å². The number of halogens is 1. The summed E-state index contributed by atoms with van der Waals surface area (Å²) in [4.78, 5) is 3.95. The first-order valence-corrected chi connectivity index (χ1v) is 8.03. The maximum atomic E-state index is 12.4. The molecule has 1 saturated heterocycles. The van der Waals surface area contributed by atoms with E-state index in [1.54, 1.807) is 6.92 Å². The van der Waals surface area contributed by atoms with E-state index >= 15 is 0 Å². The average Bonchev–Trinajstić information content (AvgIpc) is 2.39. The van der Waals surface area contributed by atoms with Gasteiger partial charge < -0.3 is 5.11 Å². The van der Waals surface area contributed by atoms with Crippen LogP contribution in [0, 0.1) is 5.92 Å². The number of aliphatic hydroxyl groups excluding tert-OH is 1. The summed E-state index contributed by atoms with van der Waals surface area (Å²) in [6, 6.07) is 2.81. The highest BCUT2D eigenvalue weighted by Crippen LogP contribution is 2.26. The number of hydrogen-bond donors (Lipinski definition) is 1. The van der Waals surface area contributed by atoms with E-state index in [0.29, 0.717) is 25.9 Å². The number of nitrogens with zero attached hydrogens (tertiary/aromatic N) is 2. The van der Waals surface area contributed by atoms with Gasteiger partial charge in [0.25, 0.3) is 0 Å². The zero-order valence-electron chi connectivity index (χ0n) is 10.7. The van der Waals surface area contributed by atoms with Crippen LogP contribution in [0.5, 0.6) is 0 Å². The molecule has 0 radical (unpaired) electrons. The number of rotatable bonds is 3. The van der Waals surface area contributed by atoms with Crippen LogP contribution in [-0.2, 0) is 10.0 Å². The maximum Gasteiger partial charge on any atom is 0.243 e. The molecule has 1 aromatic rings. The van der Waals surface area contributed by atoms with Gasteiger partial charge in [-0.25, -0.2) is 13.4 Å². The lowest BCUT2D eigenvalue weighted by Crippen LogP contribution is -2.40. The number of sulfonamides is 1. The highest BCUT2D eigenvalue weighted by atomic mass is 35.5. The Labute approximate surface area is 118 Å². The minimum atomic E-state index is -3.51.